The summed E-state index contributed by atoms with van der Waals surface area (Å²) in [5.41, 5.74) is 2.19. The molecule has 19 heavy (non-hydrogen) atoms. The zero-order valence-corrected chi connectivity index (χ0v) is 13.0. The van der Waals surface area contributed by atoms with E-state index >= 15 is 0 Å². The van der Waals surface area contributed by atoms with Crippen molar-refractivity contribution >= 4 is 51.8 Å². The van der Waals surface area contributed by atoms with Crippen LogP contribution < -0.4 is 5.32 Å². The van der Waals surface area contributed by atoms with Gasteiger partial charge in [-0.2, -0.15) is 5.26 Å². The number of halogens is 3. The lowest BCUT2D eigenvalue weighted by molar-refractivity contribution is 0.891. The van der Waals surface area contributed by atoms with E-state index in [0.717, 1.165) is 11.3 Å². The summed E-state index contributed by atoms with van der Waals surface area (Å²) in [5.74, 6) is 0. The second-order valence-corrected chi connectivity index (χ2v) is 6.64. The van der Waals surface area contributed by atoms with Crippen LogP contribution in [0.15, 0.2) is 24.3 Å². The van der Waals surface area contributed by atoms with E-state index in [-0.39, 0.29) is 6.04 Å². The maximum Gasteiger partial charge on any atom is 0.101 e. The molecule has 0 fully saturated rings. The van der Waals surface area contributed by atoms with E-state index in [1.54, 1.807) is 12.1 Å². The highest BCUT2D eigenvalue weighted by Crippen LogP contribution is 2.36. The lowest BCUT2D eigenvalue weighted by atomic mass is 10.1. The molecule has 2 rings (SSSR count). The van der Waals surface area contributed by atoms with Crippen LogP contribution in [0.4, 0.5) is 5.69 Å². The van der Waals surface area contributed by atoms with Crippen LogP contribution in [0.25, 0.3) is 0 Å². The van der Waals surface area contributed by atoms with Crippen molar-refractivity contribution in [3.05, 3.63) is 49.1 Å². The van der Waals surface area contributed by atoms with Crippen molar-refractivity contribution in [3.63, 3.8) is 0 Å². The molecule has 1 aromatic carbocycles. The van der Waals surface area contributed by atoms with E-state index in [4.69, 9.17) is 40.1 Å². The average molecular weight is 332 g/mol. The van der Waals surface area contributed by atoms with Gasteiger partial charge >= 0.3 is 0 Å². The molecule has 0 aliphatic carbocycles. The Kier molecular flexibility index (Phi) is 4.59. The standard InChI is InChI=1S/C13H9Cl3N2S/c1-7(10-5-12(15)19-13(10)16)18-9-2-3-11(14)8(4-9)6-17/h2-5,7,18H,1H3. The van der Waals surface area contributed by atoms with E-state index in [1.807, 2.05) is 25.1 Å². The van der Waals surface area contributed by atoms with Gasteiger partial charge in [-0.05, 0) is 31.2 Å². The molecule has 1 N–H and O–H groups in total. The highest BCUT2D eigenvalue weighted by Gasteiger charge is 2.13. The van der Waals surface area contributed by atoms with Gasteiger partial charge in [0.25, 0.3) is 0 Å². The minimum absolute atomic E-state index is 0.0102. The Morgan fingerprint density at radius 3 is 2.58 bits per heavy atom. The molecule has 0 spiro atoms. The van der Waals surface area contributed by atoms with Crippen LogP contribution in [0.2, 0.25) is 13.7 Å². The minimum Gasteiger partial charge on any atom is -0.378 e. The fraction of sp³-hybridized carbons (Fsp3) is 0.154. The van der Waals surface area contributed by atoms with Crippen LogP contribution in [0.1, 0.15) is 24.1 Å². The van der Waals surface area contributed by atoms with Gasteiger partial charge in [0.1, 0.15) is 6.07 Å². The molecule has 0 aliphatic rings. The Morgan fingerprint density at radius 1 is 1.26 bits per heavy atom. The van der Waals surface area contributed by atoms with Crippen LogP contribution in [-0.4, -0.2) is 0 Å². The lowest BCUT2D eigenvalue weighted by Gasteiger charge is -2.15. The van der Waals surface area contributed by atoms with Gasteiger partial charge < -0.3 is 5.32 Å². The molecule has 1 atom stereocenters. The third kappa shape index (κ3) is 3.34. The Hall–Kier alpha value is -0.920. The van der Waals surface area contributed by atoms with Crippen molar-refractivity contribution in [2.45, 2.75) is 13.0 Å². The van der Waals surface area contributed by atoms with Crippen molar-refractivity contribution in [2.24, 2.45) is 0 Å². The summed E-state index contributed by atoms with van der Waals surface area (Å²) >= 11 is 19.3. The smallest absolute Gasteiger partial charge is 0.101 e. The number of benzene rings is 1. The second-order valence-electron chi connectivity index (χ2n) is 3.95. The van der Waals surface area contributed by atoms with Gasteiger partial charge in [-0.1, -0.05) is 34.8 Å². The first-order chi connectivity index (χ1) is 9.01. The van der Waals surface area contributed by atoms with Gasteiger partial charge in [-0.3, -0.25) is 0 Å². The Morgan fingerprint density at radius 2 is 2.00 bits per heavy atom. The number of thiophene rings is 1. The quantitative estimate of drug-likeness (QED) is 0.777. The van der Waals surface area contributed by atoms with Crippen molar-refractivity contribution in [1.29, 1.82) is 5.26 Å². The van der Waals surface area contributed by atoms with Crippen LogP contribution in [0.5, 0.6) is 0 Å². The summed E-state index contributed by atoms with van der Waals surface area (Å²) < 4.78 is 1.32. The summed E-state index contributed by atoms with van der Waals surface area (Å²) in [6.45, 7) is 1.98. The van der Waals surface area contributed by atoms with E-state index in [9.17, 15) is 0 Å². The molecule has 0 aliphatic heterocycles. The normalized spacial score (nSPS) is 11.9. The van der Waals surface area contributed by atoms with Gasteiger partial charge in [-0.25, -0.2) is 0 Å². The highest BCUT2D eigenvalue weighted by atomic mass is 35.5. The lowest BCUT2D eigenvalue weighted by Crippen LogP contribution is -2.06. The maximum atomic E-state index is 8.94. The van der Waals surface area contributed by atoms with Gasteiger partial charge in [0, 0.05) is 11.3 Å². The molecular formula is C13H9Cl3N2S. The van der Waals surface area contributed by atoms with Crippen LogP contribution in [0, 0.1) is 11.3 Å². The molecule has 1 aromatic heterocycles. The van der Waals surface area contributed by atoms with E-state index in [0.29, 0.717) is 19.3 Å². The number of rotatable bonds is 3. The monoisotopic (exact) mass is 330 g/mol. The number of nitrogens with zero attached hydrogens (tertiary/aromatic N) is 1. The second kappa shape index (κ2) is 6.02. The molecule has 1 heterocycles. The first-order valence-electron chi connectivity index (χ1n) is 5.42. The summed E-state index contributed by atoms with van der Waals surface area (Å²) in [5, 5.41) is 12.7. The summed E-state index contributed by atoms with van der Waals surface area (Å²) in [6, 6.07) is 9.10. The zero-order chi connectivity index (χ0) is 14.0. The fourth-order valence-corrected chi connectivity index (χ4v) is 3.48. The van der Waals surface area contributed by atoms with Gasteiger partial charge in [0.05, 0.1) is 25.3 Å². The molecule has 0 radical (unpaired) electrons. The Balaban J connectivity index is 2.22. The predicted molar refractivity (Wildman–Crippen MR) is 82.5 cm³/mol. The van der Waals surface area contributed by atoms with Crippen LogP contribution in [-0.2, 0) is 0 Å². The number of hydrogen-bond acceptors (Lipinski definition) is 3. The van der Waals surface area contributed by atoms with Crippen LogP contribution in [0.3, 0.4) is 0 Å². The molecule has 1 unspecified atom stereocenters. The summed E-state index contributed by atoms with van der Waals surface area (Å²) in [4.78, 5) is 0. The van der Waals surface area contributed by atoms with Crippen molar-refractivity contribution < 1.29 is 0 Å². The van der Waals surface area contributed by atoms with Gasteiger partial charge in [0.15, 0.2) is 0 Å². The Bertz CT molecular complexity index is 646. The zero-order valence-electron chi connectivity index (χ0n) is 9.88. The largest absolute Gasteiger partial charge is 0.378 e. The number of nitriles is 1. The molecule has 0 saturated carbocycles. The van der Waals surface area contributed by atoms with Crippen molar-refractivity contribution in [2.75, 3.05) is 5.32 Å². The molecule has 2 aromatic rings. The summed E-state index contributed by atoms with van der Waals surface area (Å²) in [6.07, 6.45) is 0. The van der Waals surface area contributed by atoms with E-state index in [1.165, 1.54) is 11.3 Å². The third-order valence-electron chi connectivity index (χ3n) is 2.62. The topological polar surface area (TPSA) is 35.8 Å². The fourth-order valence-electron chi connectivity index (χ4n) is 1.68. The predicted octanol–water partition coefficient (Wildman–Crippen LogP) is 5.75. The maximum absolute atomic E-state index is 8.94. The highest BCUT2D eigenvalue weighted by molar-refractivity contribution is 7.20. The van der Waals surface area contributed by atoms with Gasteiger partial charge in [0.2, 0.25) is 0 Å². The average Bonchev–Trinajstić information content (AvgIpc) is 2.71. The minimum atomic E-state index is -0.0102. The molecular weight excluding hydrogens is 323 g/mol. The number of hydrogen-bond donors (Lipinski definition) is 1. The molecule has 2 nitrogen and oxygen atoms in total. The SMILES string of the molecule is CC(Nc1ccc(Cl)c(C#N)c1)c1cc(Cl)sc1Cl. The number of anilines is 1. The molecule has 0 bridgehead atoms. The third-order valence-corrected chi connectivity index (χ3v) is 4.47. The number of nitrogens with one attached hydrogen (secondary N) is 1. The Labute approximate surface area is 130 Å². The molecule has 6 heteroatoms. The molecule has 98 valence electrons. The van der Waals surface area contributed by atoms with Crippen LogP contribution >= 0.6 is 46.1 Å². The van der Waals surface area contributed by atoms with E-state index < -0.39 is 0 Å². The van der Waals surface area contributed by atoms with Crippen molar-refractivity contribution in [3.8, 4) is 6.07 Å². The van der Waals surface area contributed by atoms with Crippen molar-refractivity contribution in [1.82, 2.24) is 0 Å². The molecule has 0 saturated heterocycles. The molecule has 0 amide bonds. The summed E-state index contributed by atoms with van der Waals surface area (Å²) in [7, 11) is 0. The first kappa shape index (κ1) is 14.5. The first-order valence-corrected chi connectivity index (χ1v) is 7.37. The van der Waals surface area contributed by atoms with Gasteiger partial charge in [-0.15, -0.1) is 11.3 Å². The van der Waals surface area contributed by atoms with E-state index in [2.05, 4.69) is 5.32 Å².